The predicted molar refractivity (Wildman–Crippen MR) is 84.4 cm³/mol. The van der Waals surface area contributed by atoms with Crippen molar-refractivity contribution in [1.82, 2.24) is 14.8 Å². The molecule has 0 aliphatic carbocycles. The summed E-state index contributed by atoms with van der Waals surface area (Å²) in [6.45, 7) is 2.00. The topological polar surface area (TPSA) is 33.6 Å². The van der Waals surface area contributed by atoms with E-state index in [9.17, 15) is 4.39 Å². The van der Waals surface area contributed by atoms with E-state index in [1.807, 2.05) is 25.1 Å². The zero-order valence-corrected chi connectivity index (χ0v) is 12.0. The maximum Gasteiger partial charge on any atom is 0.123 e. The van der Waals surface area contributed by atoms with Crippen LogP contribution in [0.4, 0.5) is 4.39 Å². The van der Waals surface area contributed by atoms with Crippen molar-refractivity contribution in [2.45, 2.75) is 6.92 Å². The fourth-order valence-electron chi connectivity index (χ4n) is 2.71. The first kappa shape index (κ1) is 12.8. The number of aromatic nitrogens is 3. The third kappa shape index (κ3) is 2.00. The number of fused-ring (bicyclic) bond motifs is 1. The molecule has 1 N–H and O–H groups in total. The molecule has 0 spiro atoms. The van der Waals surface area contributed by atoms with E-state index in [-0.39, 0.29) is 5.82 Å². The first-order valence-corrected chi connectivity index (χ1v) is 7.02. The largest absolute Gasteiger partial charge is 0.313 e. The number of benzene rings is 2. The fraction of sp³-hybridized carbons (Fsp3) is 0.0556. The molecule has 0 amide bonds. The molecular formula is C18H13FN3. The summed E-state index contributed by atoms with van der Waals surface area (Å²) in [7, 11) is 0. The van der Waals surface area contributed by atoms with E-state index in [0.29, 0.717) is 0 Å². The lowest BCUT2D eigenvalue weighted by Crippen LogP contribution is -1.99. The number of aryl methyl sites for hydroxylation is 1. The highest BCUT2D eigenvalue weighted by Crippen LogP contribution is 2.27. The van der Waals surface area contributed by atoms with Gasteiger partial charge in [0.1, 0.15) is 5.82 Å². The Morgan fingerprint density at radius 2 is 1.95 bits per heavy atom. The van der Waals surface area contributed by atoms with Gasteiger partial charge < -0.3 is 4.57 Å². The highest BCUT2D eigenvalue weighted by molar-refractivity contribution is 5.80. The van der Waals surface area contributed by atoms with Crippen LogP contribution in [0.2, 0.25) is 0 Å². The van der Waals surface area contributed by atoms with Gasteiger partial charge in [-0.2, -0.15) is 5.10 Å². The summed E-state index contributed by atoms with van der Waals surface area (Å²) >= 11 is 0. The molecule has 0 bridgehead atoms. The zero-order valence-electron chi connectivity index (χ0n) is 12.0. The molecule has 2 aromatic heterocycles. The summed E-state index contributed by atoms with van der Waals surface area (Å²) in [6.07, 6.45) is 1.80. The van der Waals surface area contributed by atoms with Crippen LogP contribution < -0.4 is 0 Å². The van der Waals surface area contributed by atoms with Crippen molar-refractivity contribution in [3.63, 3.8) is 0 Å². The van der Waals surface area contributed by atoms with Crippen molar-refractivity contribution < 1.29 is 4.39 Å². The van der Waals surface area contributed by atoms with Gasteiger partial charge in [-0.25, -0.2) is 4.39 Å². The lowest BCUT2D eigenvalue weighted by atomic mass is 10.1. The lowest BCUT2D eigenvalue weighted by molar-refractivity contribution is 0.628. The summed E-state index contributed by atoms with van der Waals surface area (Å²) < 4.78 is 15.2. The van der Waals surface area contributed by atoms with Crippen LogP contribution in [0, 0.1) is 18.8 Å². The van der Waals surface area contributed by atoms with Crippen LogP contribution in [0.25, 0.3) is 27.8 Å². The second-order valence-corrected chi connectivity index (χ2v) is 5.24. The van der Waals surface area contributed by atoms with Crippen LogP contribution in [0.15, 0.2) is 54.7 Å². The van der Waals surface area contributed by atoms with Gasteiger partial charge in [0.25, 0.3) is 0 Å². The van der Waals surface area contributed by atoms with E-state index in [1.165, 1.54) is 12.1 Å². The molecule has 0 aliphatic heterocycles. The minimum atomic E-state index is -0.235. The van der Waals surface area contributed by atoms with Gasteiger partial charge in [0.15, 0.2) is 0 Å². The zero-order chi connectivity index (χ0) is 15.1. The Hall–Kier alpha value is -2.88. The molecule has 4 heteroatoms. The quantitative estimate of drug-likeness (QED) is 0.587. The molecule has 0 unspecified atom stereocenters. The fourth-order valence-corrected chi connectivity index (χ4v) is 2.71. The maximum absolute atomic E-state index is 13.1. The summed E-state index contributed by atoms with van der Waals surface area (Å²) in [5, 5.41) is 8.11. The van der Waals surface area contributed by atoms with E-state index in [2.05, 4.69) is 26.9 Å². The van der Waals surface area contributed by atoms with Crippen LogP contribution in [0.3, 0.4) is 0 Å². The molecule has 4 aromatic rings. The molecule has 2 heterocycles. The van der Waals surface area contributed by atoms with Crippen LogP contribution in [-0.4, -0.2) is 14.8 Å². The molecule has 0 atom stereocenters. The Morgan fingerprint density at radius 1 is 1.14 bits per heavy atom. The number of hydrogen-bond acceptors (Lipinski definition) is 1. The summed E-state index contributed by atoms with van der Waals surface area (Å²) in [5.74, 6) is -0.235. The second kappa shape index (κ2) is 4.84. The third-order valence-electron chi connectivity index (χ3n) is 3.82. The van der Waals surface area contributed by atoms with E-state index in [4.69, 9.17) is 0 Å². The Balaban J connectivity index is 1.91. The van der Waals surface area contributed by atoms with Crippen LogP contribution in [0.5, 0.6) is 0 Å². The molecule has 4 rings (SSSR count). The Bertz CT molecular complexity index is 948. The van der Waals surface area contributed by atoms with Crippen molar-refractivity contribution in [3.05, 3.63) is 72.3 Å². The summed E-state index contributed by atoms with van der Waals surface area (Å²) in [4.78, 5) is 0. The van der Waals surface area contributed by atoms with Crippen LogP contribution >= 0.6 is 0 Å². The standard InChI is InChI=1S/C18H13FN3/c1-12-2-9-18(13-3-6-15(19)7-4-13)22(12)16-8-5-14-11-20-21-17(14)10-16/h3-11H,1H3,(H,20,21). The number of aromatic amines is 1. The number of nitrogens with zero attached hydrogens (tertiary/aromatic N) is 2. The monoisotopic (exact) mass is 290 g/mol. The molecule has 1 radical (unpaired) electrons. The van der Waals surface area contributed by atoms with Crippen molar-refractivity contribution in [2.24, 2.45) is 0 Å². The molecule has 0 saturated carbocycles. The van der Waals surface area contributed by atoms with Gasteiger partial charge >= 0.3 is 0 Å². The third-order valence-corrected chi connectivity index (χ3v) is 3.82. The molecule has 0 saturated heterocycles. The Morgan fingerprint density at radius 3 is 2.77 bits per heavy atom. The minimum absolute atomic E-state index is 0.235. The molecule has 107 valence electrons. The van der Waals surface area contributed by atoms with Crippen molar-refractivity contribution in [3.8, 4) is 16.9 Å². The first-order valence-electron chi connectivity index (χ1n) is 7.02. The van der Waals surface area contributed by atoms with Crippen LogP contribution in [-0.2, 0) is 0 Å². The lowest BCUT2D eigenvalue weighted by Gasteiger charge is -2.12. The first-order chi connectivity index (χ1) is 10.7. The van der Waals surface area contributed by atoms with Crippen LogP contribution in [0.1, 0.15) is 5.69 Å². The predicted octanol–water partition coefficient (Wildman–Crippen LogP) is 4.27. The maximum atomic E-state index is 13.1. The van der Waals surface area contributed by atoms with Gasteiger partial charge in [-0.1, -0.05) is 0 Å². The minimum Gasteiger partial charge on any atom is -0.313 e. The molecule has 3 nitrogen and oxygen atoms in total. The van der Waals surface area contributed by atoms with Crippen molar-refractivity contribution in [1.29, 1.82) is 0 Å². The SMILES string of the molecule is Cc1[c]cc(-c2ccc(F)cc2)n1-c1ccc2cn[nH]c2c1. The number of halogens is 1. The Labute approximate surface area is 127 Å². The molecular weight excluding hydrogens is 277 g/mol. The smallest absolute Gasteiger partial charge is 0.123 e. The highest BCUT2D eigenvalue weighted by Gasteiger charge is 2.10. The van der Waals surface area contributed by atoms with Gasteiger partial charge in [0, 0.05) is 22.8 Å². The summed E-state index contributed by atoms with van der Waals surface area (Å²) in [6, 6.07) is 17.8. The Kier molecular flexibility index (Phi) is 2.82. The molecule has 22 heavy (non-hydrogen) atoms. The van der Waals surface area contributed by atoms with Gasteiger partial charge in [-0.05, 0) is 61.0 Å². The number of nitrogens with one attached hydrogen (secondary N) is 1. The number of rotatable bonds is 2. The molecule has 0 fully saturated rings. The van der Waals surface area contributed by atoms with E-state index >= 15 is 0 Å². The number of hydrogen-bond donors (Lipinski definition) is 1. The molecule has 2 aromatic carbocycles. The van der Waals surface area contributed by atoms with Crippen molar-refractivity contribution >= 4 is 10.9 Å². The van der Waals surface area contributed by atoms with Gasteiger partial charge in [0.2, 0.25) is 0 Å². The highest BCUT2D eigenvalue weighted by atomic mass is 19.1. The van der Waals surface area contributed by atoms with Gasteiger partial charge in [-0.15, -0.1) is 0 Å². The number of H-pyrrole nitrogens is 1. The average Bonchev–Trinajstić information content (AvgIpc) is 3.13. The van der Waals surface area contributed by atoms with Gasteiger partial charge in [0.05, 0.1) is 17.4 Å². The van der Waals surface area contributed by atoms with E-state index in [1.54, 1.807) is 18.3 Å². The van der Waals surface area contributed by atoms with Gasteiger partial charge in [-0.3, -0.25) is 5.10 Å². The van der Waals surface area contributed by atoms with E-state index < -0.39 is 0 Å². The van der Waals surface area contributed by atoms with Crippen molar-refractivity contribution in [2.75, 3.05) is 0 Å². The molecule has 0 aliphatic rings. The normalized spacial score (nSPS) is 11.2. The average molecular weight is 290 g/mol. The summed E-state index contributed by atoms with van der Waals surface area (Å²) in [5.41, 5.74) is 4.94. The van der Waals surface area contributed by atoms with E-state index in [0.717, 1.165) is 33.5 Å². The second-order valence-electron chi connectivity index (χ2n) is 5.24.